The van der Waals surface area contributed by atoms with E-state index in [1.807, 2.05) is 0 Å². The third-order valence-corrected chi connectivity index (χ3v) is 13.0. The predicted octanol–water partition coefficient (Wildman–Crippen LogP) is 12.4. The monoisotopic (exact) mass is 764 g/mol. The van der Waals surface area contributed by atoms with Gasteiger partial charge >= 0.3 is 47.7 Å². The van der Waals surface area contributed by atoms with Crippen molar-refractivity contribution in [3.05, 3.63) is 0 Å². The Morgan fingerprint density at radius 2 is 0.744 bits per heavy atom. The van der Waals surface area contributed by atoms with E-state index in [0.29, 0.717) is 51.2 Å². The van der Waals surface area contributed by atoms with Crippen LogP contribution in [-0.4, -0.2) is 61.3 Å². The lowest BCUT2D eigenvalue weighted by atomic mass is 9.90. The molecule has 0 spiro atoms. The van der Waals surface area contributed by atoms with E-state index in [1.54, 1.807) is 0 Å². The van der Waals surface area contributed by atoms with Crippen LogP contribution in [0, 0.1) is 0 Å². The summed E-state index contributed by atoms with van der Waals surface area (Å²) in [6.45, 7) is 0.627. The predicted molar refractivity (Wildman–Crippen MR) is 133 cm³/mol. The first-order valence-corrected chi connectivity index (χ1v) is 20.9. The minimum absolute atomic E-state index is 0.0567. The smallest absolute Gasteiger partial charge is 0.205 e. The Kier molecular flexibility index (Phi) is 14.1. The summed E-state index contributed by atoms with van der Waals surface area (Å²) >= 11 is 17.1. The van der Waals surface area contributed by atoms with Crippen LogP contribution in [0.15, 0.2) is 0 Å². The molecular formula is C21H28Cl3F17Si2. The van der Waals surface area contributed by atoms with E-state index in [9.17, 15) is 74.6 Å². The highest BCUT2D eigenvalue weighted by Gasteiger charge is 2.93. The summed E-state index contributed by atoms with van der Waals surface area (Å²) in [7, 11) is -5.17. The summed E-state index contributed by atoms with van der Waals surface area (Å²) in [5.74, 6) is -46.8. The van der Waals surface area contributed by atoms with Crippen LogP contribution in [0.3, 0.4) is 0 Å². The van der Waals surface area contributed by atoms with Gasteiger partial charge in [-0.15, -0.1) is 33.2 Å². The summed E-state index contributed by atoms with van der Waals surface area (Å²) < 4.78 is 234. The fourth-order valence-electron chi connectivity index (χ4n) is 3.83. The highest BCUT2D eigenvalue weighted by Crippen LogP contribution is 2.64. The Morgan fingerprint density at radius 3 is 1.12 bits per heavy atom. The largest absolute Gasteiger partial charge is 0.389 e. The first-order valence-electron chi connectivity index (χ1n) is 12.4. The Labute approximate surface area is 252 Å². The van der Waals surface area contributed by atoms with E-state index < -0.39 is 80.2 Å². The molecule has 0 nitrogen and oxygen atoms in total. The number of hydrogen-bond donors (Lipinski definition) is 0. The van der Waals surface area contributed by atoms with E-state index in [4.69, 9.17) is 33.2 Å². The molecule has 0 unspecified atom stereocenters. The van der Waals surface area contributed by atoms with Gasteiger partial charge in [0.1, 0.15) is 8.07 Å². The van der Waals surface area contributed by atoms with Gasteiger partial charge in [0.25, 0.3) is 5.55 Å². The second kappa shape index (κ2) is 14.1. The molecule has 22 heteroatoms. The Bertz CT molecular complexity index is 887. The maximum Gasteiger partial charge on any atom is 0.389 e. The van der Waals surface area contributed by atoms with E-state index in [1.165, 1.54) is 0 Å². The topological polar surface area (TPSA) is 0 Å². The zero-order valence-electron chi connectivity index (χ0n) is 22.3. The van der Waals surface area contributed by atoms with Crippen LogP contribution < -0.4 is 0 Å². The summed E-state index contributed by atoms with van der Waals surface area (Å²) in [5.41, 5.74) is -6.20. The van der Waals surface area contributed by atoms with Gasteiger partial charge in [-0.1, -0.05) is 64.1 Å². The van der Waals surface area contributed by atoms with Crippen LogP contribution in [0.5, 0.6) is 0 Å². The molecule has 0 atom stereocenters. The quantitative estimate of drug-likeness (QED) is 0.0532. The fraction of sp³-hybridized carbons (Fsp3) is 1.00. The van der Waals surface area contributed by atoms with E-state index >= 15 is 0 Å². The Morgan fingerprint density at radius 1 is 0.419 bits per heavy atom. The van der Waals surface area contributed by atoms with Crippen molar-refractivity contribution >= 4 is 47.3 Å². The van der Waals surface area contributed by atoms with Gasteiger partial charge in [-0.3, -0.25) is 0 Å². The molecule has 0 rings (SSSR count). The Hall–Kier alpha value is 0.114. The molecule has 0 aromatic rings. The molecule has 0 N–H and O–H groups in total. The molecule has 260 valence electrons. The van der Waals surface area contributed by atoms with Crippen molar-refractivity contribution in [2.75, 3.05) is 0 Å². The maximum atomic E-state index is 14.8. The van der Waals surface area contributed by atoms with Gasteiger partial charge in [0, 0.05) is 12.8 Å². The van der Waals surface area contributed by atoms with Crippen molar-refractivity contribution in [1.29, 1.82) is 0 Å². The maximum absolute atomic E-state index is 14.8. The van der Waals surface area contributed by atoms with Crippen molar-refractivity contribution < 1.29 is 74.6 Å². The lowest BCUT2D eigenvalue weighted by Gasteiger charge is -2.45. The highest BCUT2D eigenvalue weighted by molar-refractivity contribution is 7.64. The second-order valence-corrected chi connectivity index (χ2v) is 24.9. The van der Waals surface area contributed by atoms with Crippen molar-refractivity contribution in [2.45, 2.75) is 130 Å². The minimum atomic E-state index is -8.30. The first kappa shape index (κ1) is 43.1. The molecule has 43 heavy (non-hydrogen) atoms. The molecule has 0 heterocycles. The zero-order chi connectivity index (χ0) is 34.8. The summed E-state index contributed by atoms with van der Waals surface area (Å²) in [4.78, 5) is 0. The van der Waals surface area contributed by atoms with E-state index in [2.05, 4.69) is 0 Å². The van der Waals surface area contributed by atoms with Crippen LogP contribution >= 0.6 is 33.2 Å². The van der Waals surface area contributed by atoms with Crippen molar-refractivity contribution in [3.63, 3.8) is 0 Å². The molecule has 0 aromatic heterocycles. The number of halogens is 20. The van der Waals surface area contributed by atoms with Gasteiger partial charge < -0.3 is 0 Å². The van der Waals surface area contributed by atoms with Gasteiger partial charge in [-0.05, 0) is 6.04 Å². The standard InChI is InChI=1S/C21H28Cl3F17Si2/c1-42(2,12-8-6-4-3-5-7-9-13-43(22,23)24)21(40,41)20(38,39)19(36,37)18(34,35)17(32,33)16(30,31)14(25,26)10-11-15(27,28)29/h3-13H2,1-2H3. The molecule has 0 aliphatic carbocycles. The van der Waals surface area contributed by atoms with Crippen LogP contribution in [0.2, 0.25) is 25.2 Å². The fourth-order valence-corrected chi connectivity index (χ4v) is 8.14. The average Bonchev–Trinajstić information content (AvgIpc) is 2.79. The molecule has 0 saturated carbocycles. The van der Waals surface area contributed by atoms with Gasteiger partial charge in [0.2, 0.25) is 0 Å². The Balaban J connectivity index is 5.80. The van der Waals surface area contributed by atoms with Gasteiger partial charge in [-0.25, -0.2) is 8.78 Å². The van der Waals surface area contributed by atoms with Crippen molar-refractivity contribution in [3.8, 4) is 0 Å². The molecule has 0 aromatic carbocycles. The zero-order valence-corrected chi connectivity index (χ0v) is 26.6. The van der Waals surface area contributed by atoms with Gasteiger partial charge in [-0.2, -0.15) is 65.9 Å². The third-order valence-electron chi connectivity index (χ3n) is 6.77. The number of rotatable bonds is 19. The van der Waals surface area contributed by atoms with Crippen molar-refractivity contribution in [1.82, 2.24) is 0 Å². The highest BCUT2D eigenvalue weighted by atomic mass is 35.8. The lowest BCUT2D eigenvalue weighted by molar-refractivity contribution is -0.437. The normalized spacial score (nSPS) is 15.8. The SMILES string of the molecule is C[Si](C)(CCCCCCCCC[Si](Cl)(Cl)Cl)C(F)(F)C(F)(F)C(F)(F)C(F)(F)C(F)(F)C(F)(F)C(F)(F)CCC(F)(F)F. The molecule has 0 aliphatic heterocycles. The lowest BCUT2D eigenvalue weighted by Crippen LogP contribution is -2.75. The van der Waals surface area contributed by atoms with Crippen molar-refractivity contribution in [2.24, 2.45) is 0 Å². The number of alkyl halides is 17. The summed E-state index contributed by atoms with van der Waals surface area (Å²) in [5, 5.41) is 0. The first-order chi connectivity index (χ1) is 18.7. The number of hydrogen-bond acceptors (Lipinski definition) is 0. The third kappa shape index (κ3) is 9.58. The van der Waals surface area contributed by atoms with Gasteiger partial charge in [0.05, 0.1) is 0 Å². The van der Waals surface area contributed by atoms with E-state index in [-0.39, 0.29) is 12.8 Å². The molecular weight excluding hydrogens is 738 g/mol. The van der Waals surface area contributed by atoms with E-state index in [0.717, 1.165) is 0 Å². The number of unbranched alkanes of at least 4 members (excludes halogenated alkanes) is 6. The van der Waals surface area contributed by atoms with Gasteiger partial charge in [0.15, 0.2) is 0 Å². The van der Waals surface area contributed by atoms with Crippen LogP contribution in [0.4, 0.5) is 74.6 Å². The van der Waals surface area contributed by atoms with Crippen LogP contribution in [0.25, 0.3) is 0 Å². The minimum Gasteiger partial charge on any atom is -0.205 e. The molecule has 0 saturated heterocycles. The average molecular weight is 766 g/mol. The summed E-state index contributed by atoms with van der Waals surface area (Å²) in [6.07, 6.45) is -9.81. The molecule has 0 radical (unpaired) electrons. The second-order valence-electron chi connectivity index (χ2n) is 10.7. The van der Waals surface area contributed by atoms with Crippen LogP contribution in [-0.2, 0) is 0 Å². The molecule has 0 bridgehead atoms. The summed E-state index contributed by atoms with van der Waals surface area (Å²) in [6, 6.07) is -3.41. The molecule has 0 aliphatic rings. The molecule has 0 fully saturated rings. The van der Waals surface area contributed by atoms with Crippen LogP contribution in [0.1, 0.15) is 57.8 Å². The molecule has 0 amide bonds.